The second-order valence-corrected chi connectivity index (χ2v) is 29.0. The van der Waals surface area contributed by atoms with Crippen LogP contribution in [0.15, 0.2) is 35.5 Å². The topological polar surface area (TPSA) is 30.9 Å². The van der Waals surface area contributed by atoms with Crippen molar-refractivity contribution in [1.29, 1.82) is 0 Å². The third kappa shape index (κ3) is 8.92. The maximum atomic E-state index is 13.4. The van der Waals surface area contributed by atoms with Gasteiger partial charge in [-0.1, -0.05) is 86.6 Å². The maximum Gasteiger partial charge on any atom is 0.415 e. The molecule has 0 aromatic heterocycles. The third-order valence-electron chi connectivity index (χ3n) is 14.0. The molecule has 1 saturated heterocycles. The van der Waals surface area contributed by atoms with E-state index in [9.17, 15) is 13.2 Å². The molecule has 3 saturated carbocycles. The zero-order valence-corrected chi connectivity index (χ0v) is 35.3. The van der Waals surface area contributed by atoms with Crippen LogP contribution in [-0.2, 0) is 13.6 Å². The first-order chi connectivity index (χ1) is 22.3. The Morgan fingerprint density at radius 3 is 2.20 bits per heavy atom. The molecule has 4 aliphatic rings. The van der Waals surface area contributed by atoms with Gasteiger partial charge in [0.25, 0.3) is 0 Å². The molecular weight excluding hydrogens is 656 g/mol. The molecule has 8 atom stereocenters. The Hall–Kier alpha value is -0.716. The lowest BCUT2D eigenvalue weighted by Gasteiger charge is -2.48. The summed E-state index contributed by atoms with van der Waals surface area (Å²) in [5, 5.41) is 0.212. The van der Waals surface area contributed by atoms with Gasteiger partial charge in [-0.2, -0.15) is 13.2 Å². The van der Waals surface area contributed by atoms with Gasteiger partial charge in [0.2, 0.25) is 0 Å². The monoisotopic (exact) mass is 725 g/mol. The molecule has 282 valence electrons. The highest BCUT2D eigenvalue weighted by Crippen LogP contribution is 2.59. The number of morpholine rings is 1. The van der Waals surface area contributed by atoms with Crippen LogP contribution in [0.25, 0.3) is 0 Å². The van der Waals surface area contributed by atoms with Crippen molar-refractivity contribution in [2.75, 3.05) is 26.2 Å². The van der Waals surface area contributed by atoms with Gasteiger partial charge >= 0.3 is 6.18 Å². The van der Waals surface area contributed by atoms with E-state index in [1.165, 1.54) is 17.6 Å². The van der Waals surface area contributed by atoms with Crippen molar-refractivity contribution >= 4 is 16.6 Å². The minimum Gasteiger partial charge on any atom is -0.413 e. The Balaban J connectivity index is 1.57. The van der Waals surface area contributed by atoms with Crippen molar-refractivity contribution in [2.24, 2.45) is 29.1 Å². The molecule has 4 fully saturated rings. The van der Waals surface area contributed by atoms with Crippen molar-refractivity contribution in [1.82, 2.24) is 4.90 Å². The zero-order chi connectivity index (χ0) is 37.0. The van der Waals surface area contributed by atoms with Crippen LogP contribution in [0, 0.1) is 29.1 Å². The number of rotatable bonds is 8. The van der Waals surface area contributed by atoms with E-state index in [0.29, 0.717) is 30.8 Å². The smallest absolute Gasteiger partial charge is 0.413 e. The molecule has 0 N–H and O–H groups in total. The number of hydrogen-bond donors (Lipinski definition) is 0. The van der Waals surface area contributed by atoms with E-state index in [4.69, 9.17) is 20.2 Å². The SMILES string of the molecule is C=C1/C(=C\C=C2/CCC[C@@]3(C)C2CC[C@@H]3[C@H](C)CN2CCOC(C(F)(F)F)C2)CC(O[Si](C)(C)C(C)(C)C)[C@H](C)C1O[Si](C)(C)C(C)(C)C. The van der Waals surface area contributed by atoms with Gasteiger partial charge in [0.1, 0.15) is 0 Å². The fourth-order valence-electron chi connectivity index (χ4n) is 8.80. The molecule has 3 aliphatic carbocycles. The number of hydrogen-bond acceptors (Lipinski definition) is 4. The summed E-state index contributed by atoms with van der Waals surface area (Å²) in [4.78, 5) is 1.99. The van der Waals surface area contributed by atoms with Gasteiger partial charge < -0.3 is 13.6 Å². The fraction of sp³-hybridized carbons (Fsp3) is 0.850. The molecule has 0 bridgehead atoms. The van der Waals surface area contributed by atoms with Crippen molar-refractivity contribution in [3.63, 3.8) is 0 Å². The Kier molecular flexibility index (Phi) is 12.2. The first-order valence-corrected chi connectivity index (χ1v) is 25.0. The third-order valence-corrected chi connectivity index (χ3v) is 23.0. The second kappa shape index (κ2) is 14.6. The lowest BCUT2D eigenvalue weighted by Crippen LogP contribution is -2.53. The normalized spacial score (nSPS) is 35.2. The van der Waals surface area contributed by atoms with Gasteiger partial charge in [0, 0.05) is 25.6 Å². The highest BCUT2D eigenvalue weighted by Gasteiger charge is 2.52. The molecule has 4 unspecified atom stereocenters. The van der Waals surface area contributed by atoms with E-state index in [1.807, 2.05) is 4.90 Å². The fourth-order valence-corrected chi connectivity index (χ4v) is 11.6. The van der Waals surface area contributed by atoms with Gasteiger partial charge in [-0.05, 0) is 109 Å². The molecule has 0 aromatic rings. The van der Waals surface area contributed by atoms with Crippen LogP contribution in [0.2, 0.25) is 36.3 Å². The highest BCUT2D eigenvalue weighted by atomic mass is 28.4. The van der Waals surface area contributed by atoms with Crippen LogP contribution < -0.4 is 0 Å². The predicted molar refractivity (Wildman–Crippen MR) is 203 cm³/mol. The van der Waals surface area contributed by atoms with Crippen LogP contribution >= 0.6 is 0 Å². The lowest BCUT2D eigenvalue weighted by atomic mass is 9.61. The van der Waals surface area contributed by atoms with Crippen molar-refractivity contribution < 1.29 is 26.8 Å². The predicted octanol–water partition coefficient (Wildman–Crippen LogP) is 11.3. The van der Waals surface area contributed by atoms with Crippen molar-refractivity contribution in [2.45, 2.75) is 162 Å². The van der Waals surface area contributed by atoms with E-state index < -0.39 is 28.9 Å². The molecule has 49 heavy (non-hydrogen) atoms. The minimum atomic E-state index is -4.31. The molecule has 4 nitrogen and oxygen atoms in total. The number of halogens is 3. The number of allylic oxidation sites excluding steroid dienone is 3. The molecule has 0 aromatic carbocycles. The second-order valence-electron chi connectivity index (χ2n) is 19.5. The molecule has 1 heterocycles. The van der Waals surface area contributed by atoms with Gasteiger partial charge in [-0.3, -0.25) is 4.90 Å². The van der Waals surface area contributed by atoms with Crippen molar-refractivity contribution in [3.8, 4) is 0 Å². The standard InChI is InChI=1S/C40H70F3NO3Si2/c1-27(25-44-22-23-45-35(26-44)40(41,42)43)32-19-20-33-30(16-15-21-39(32,33)10)17-18-31-24-34(46-48(11,12)37(4,5)6)29(3)36(28(31)2)47-49(13,14)38(7,8)9/h17-18,27,29,32-36H,2,15-16,19-26H2,1,3-14H3/b30-17+,31-18-/t27-,29+,32-,33?,34?,35?,36?,39-/m1/s1. The molecule has 9 heteroatoms. The number of nitrogens with zero attached hydrogens (tertiary/aromatic N) is 1. The largest absolute Gasteiger partial charge is 0.415 e. The quantitative estimate of drug-likeness (QED) is 0.233. The summed E-state index contributed by atoms with van der Waals surface area (Å²) in [5.41, 5.74) is 4.08. The molecule has 0 spiro atoms. The van der Waals surface area contributed by atoms with Gasteiger partial charge in [0.05, 0.1) is 18.8 Å². The summed E-state index contributed by atoms with van der Waals surface area (Å²) in [6.07, 6.45) is 5.42. The molecular formula is C40H70F3NO3Si2. The van der Waals surface area contributed by atoms with Crippen LogP contribution in [-0.4, -0.2) is 72.3 Å². The van der Waals surface area contributed by atoms with Gasteiger partial charge in [-0.25, -0.2) is 0 Å². The highest BCUT2D eigenvalue weighted by molar-refractivity contribution is 6.74. The molecule has 4 rings (SSSR count). The summed E-state index contributed by atoms with van der Waals surface area (Å²) in [6, 6.07) is 0. The molecule has 0 radical (unpaired) electrons. The Morgan fingerprint density at radius 2 is 1.61 bits per heavy atom. The van der Waals surface area contributed by atoms with Crippen LogP contribution in [0.3, 0.4) is 0 Å². The Labute approximate surface area is 299 Å². The summed E-state index contributed by atoms with van der Waals surface area (Å²) in [7, 11) is -4.10. The van der Waals surface area contributed by atoms with Crippen LogP contribution in [0.5, 0.6) is 0 Å². The maximum absolute atomic E-state index is 13.4. The average molecular weight is 726 g/mol. The van der Waals surface area contributed by atoms with Crippen LogP contribution in [0.4, 0.5) is 13.2 Å². The number of alkyl halides is 3. The number of ether oxygens (including phenoxy) is 1. The van der Waals surface area contributed by atoms with E-state index in [0.717, 1.165) is 37.7 Å². The van der Waals surface area contributed by atoms with E-state index >= 15 is 0 Å². The van der Waals surface area contributed by atoms with Crippen LogP contribution in [0.1, 0.15) is 101 Å². The van der Waals surface area contributed by atoms with Gasteiger partial charge in [0.15, 0.2) is 22.7 Å². The number of fused-ring (bicyclic) bond motifs is 1. The van der Waals surface area contributed by atoms with E-state index in [1.54, 1.807) is 0 Å². The summed E-state index contributed by atoms with van der Waals surface area (Å²) in [5.74, 6) is 1.55. The Bertz CT molecular complexity index is 1250. The van der Waals surface area contributed by atoms with E-state index in [2.05, 4.69) is 101 Å². The molecule has 1 aliphatic heterocycles. The summed E-state index contributed by atoms with van der Waals surface area (Å²) < 4.78 is 59.7. The first-order valence-electron chi connectivity index (χ1n) is 19.1. The van der Waals surface area contributed by atoms with E-state index in [-0.39, 0.29) is 46.8 Å². The average Bonchev–Trinajstić information content (AvgIpc) is 3.32. The van der Waals surface area contributed by atoms with Crippen molar-refractivity contribution in [3.05, 3.63) is 35.5 Å². The molecule has 0 amide bonds. The van der Waals surface area contributed by atoms with Gasteiger partial charge in [-0.15, -0.1) is 0 Å². The first kappa shape index (κ1) is 41.0. The Morgan fingerprint density at radius 1 is 1.00 bits per heavy atom. The summed E-state index contributed by atoms with van der Waals surface area (Å²) >= 11 is 0. The zero-order valence-electron chi connectivity index (χ0n) is 33.3. The minimum absolute atomic E-state index is 0.0534. The lowest BCUT2D eigenvalue weighted by molar-refractivity contribution is -0.238. The summed E-state index contributed by atoms with van der Waals surface area (Å²) in [6.45, 7) is 36.3.